The number of nitriles is 1. The minimum atomic E-state index is 0.0270. The summed E-state index contributed by atoms with van der Waals surface area (Å²) in [6, 6.07) is 8.42. The van der Waals surface area contributed by atoms with Crippen molar-refractivity contribution in [2.24, 2.45) is 5.92 Å². The van der Waals surface area contributed by atoms with Crippen LogP contribution in [-0.2, 0) is 0 Å². The summed E-state index contributed by atoms with van der Waals surface area (Å²) in [7, 11) is 1.65. The first-order valence-corrected chi connectivity index (χ1v) is 6.34. The normalized spacial score (nSPS) is 13.8. The summed E-state index contributed by atoms with van der Waals surface area (Å²) in [5, 5.41) is 12.0. The molecule has 1 N–H and O–H groups in total. The molecular formula is C13H17BrN2O. The lowest BCUT2D eigenvalue weighted by Gasteiger charge is -2.16. The molecule has 2 unspecified atom stereocenters. The van der Waals surface area contributed by atoms with Crippen molar-refractivity contribution >= 4 is 15.9 Å². The van der Waals surface area contributed by atoms with Gasteiger partial charge in [0.05, 0.1) is 23.6 Å². The van der Waals surface area contributed by atoms with Crippen LogP contribution in [0.2, 0.25) is 0 Å². The minimum absolute atomic E-state index is 0.0270. The molecule has 0 saturated heterocycles. The molecule has 0 heterocycles. The van der Waals surface area contributed by atoms with Crippen LogP contribution < -0.4 is 10.1 Å². The molecule has 0 amide bonds. The van der Waals surface area contributed by atoms with Gasteiger partial charge in [0.1, 0.15) is 5.75 Å². The maximum Gasteiger partial charge on any atom is 0.133 e. The molecule has 0 aliphatic rings. The number of hydrogen-bond donors (Lipinski definition) is 1. The van der Waals surface area contributed by atoms with E-state index in [0.29, 0.717) is 6.54 Å². The molecule has 0 spiro atoms. The number of benzene rings is 1. The van der Waals surface area contributed by atoms with E-state index in [2.05, 4.69) is 34.2 Å². The number of nitrogens with zero attached hydrogens (tertiary/aromatic N) is 1. The maximum absolute atomic E-state index is 8.72. The van der Waals surface area contributed by atoms with E-state index in [-0.39, 0.29) is 12.0 Å². The molecule has 1 aromatic carbocycles. The molecule has 0 aliphatic carbocycles. The van der Waals surface area contributed by atoms with Gasteiger partial charge in [0.25, 0.3) is 0 Å². The average molecular weight is 297 g/mol. The van der Waals surface area contributed by atoms with Crippen molar-refractivity contribution in [3.8, 4) is 11.8 Å². The zero-order chi connectivity index (χ0) is 12.8. The van der Waals surface area contributed by atoms with Crippen LogP contribution in [0.1, 0.15) is 25.5 Å². The van der Waals surface area contributed by atoms with E-state index < -0.39 is 0 Å². The third-order valence-electron chi connectivity index (χ3n) is 2.63. The third-order valence-corrected chi connectivity index (χ3v) is 3.25. The SMILES string of the molecule is COc1ccc(C(C)NCC(C)C#N)cc1Br. The summed E-state index contributed by atoms with van der Waals surface area (Å²) in [6.07, 6.45) is 0. The molecule has 0 bridgehead atoms. The van der Waals surface area contributed by atoms with Crippen LogP contribution in [0.5, 0.6) is 5.75 Å². The number of ether oxygens (including phenoxy) is 1. The molecule has 0 fully saturated rings. The van der Waals surface area contributed by atoms with Gasteiger partial charge in [-0.25, -0.2) is 0 Å². The molecule has 17 heavy (non-hydrogen) atoms. The topological polar surface area (TPSA) is 45.0 Å². The van der Waals surface area contributed by atoms with Crippen molar-refractivity contribution in [2.75, 3.05) is 13.7 Å². The van der Waals surface area contributed by atoms with Gasteiger partial charge in [-0.05, 0) is 47.5 Å². The molecule has 0 saturated carbocycles. The summed E-state index contributed by atoms with van der Waals surface area (Å²) >= 11 is 3.46. The molecule has 4 heteroatoms. The summed E-state index contributed by atoms with van der Waals surface area (Å²) in [5.74, 6) is 0.852. The van der Waals surface area contributed by atoms with Crippen LogP contribution in [-0.4, -0.2) is 13.7 Å². The van der Waals surface area contributed by atoms with Crippen molar-refractivity contribution in [1.29, 1.82) is 5.26 Å². The number of halogens is 1. The first-order chi connectivity index (χ1) is 8.08. The van der Waals surface area contributed by atoms with Crippen LogP contribution in [0.15, 0.2) is 22.7 Å². The van der Waals surface area contributed by atoms with Gasteiger partial charge < -0.3 is 10.1 Å². The molecule has 3 nitrogen and oxygen atoms in total. The Morgan fingerprint density at radius 3 is 2.71 bits per heavy atom. The van der Waals surface area contributed by atoms with Gasteiger partial charge in [0, 0.05) is 12.6 Å². The van der Waals surface area contributed by atoms with E-state index in [9.17, 15) is 0 Å². The fraction of sp³-hybridized carbons (Fsp3) is 0.462. The lowest BCUT2D eigenvalue weighted by Crippen LogP contribution is -2.23. The van der Waals surface area contributed by atoms with Gasteiger partial charge in [-0.2, -0.15) is 5.26 Å². The minimum Gasteiger partial charge on any atom is -0.496 e. The lowest BCUT2D eigenvalue weighted by molar-refractivity contribution is 0.411. The van der Waals surface area contributed by atoms with E-state index in [1.165, 1.54) is 5.56 Å². The molecule has 2 atom stereocenters. The number of hydrogen-bond acceptors (Lipinski definition) is 3. The van der Waals surface area contributed by atoms with E-state index >= 15 is 0 Å². The highest BCUT2D eigenvalue weighted by Gasteiger charge is 2.09. The summed E-state index contributed by atoms with van der Waals surface area (Å²) in [4.78, 5) is 0. The van der Waals surface area contributed by atoms with Crippen molar-refractivity contribution < 1.29 is 4.74 Å². The van der Waals surface area contributed by atoms with Gasteiger partial charge >= 0.3 is 0 Å². The zero-order valence-corrected chi connectivity index (χ0v) is 11.9. The van der Waals surface area contributed by atoms with Crippen LogP contribution in [0, 0.1) is 17.2 Å². The predicted octanol–water partition coefficient (Wildman–Crippen LogP) is 3.27. The van der Waals surface area contributed by atoms with Gasteiger partial charge in [0.2, 0.25) is 0 Å². The van der Waals surface area contributed by atoms with E-state index in [1.807, 2.05) is 25.1 Å². The largest absolute Gasteiger partial charge is 0.496 e. The number of nitrogens with one attached hydrogen (secondary N) is 1. The van der Waals surface area contributed by atoms with Gasteiger partial charge in [-0.1, -0.05) is 6.07 Å². The van der Waals surface area contributed by atoms with Crippen LogP contribution >= 0.6 is 15.9 Å². The van der Waals surface area contributed by atoms with Crippen LogP contribution in [0.4, 0.5) is 0 Å². The Labute approximate surface area is 111 Å². The van der Waals surface area contributed by atoms with E-state index in [4.69, 9.17) is 10.00 Å². The Kier molecular flexibility index (Phi) is 5.46. The van der Waals surface area contributed by atoms with Gasteiger partial charge in [-0.15, -0.1) is 0 Å². The molecule has 1 rings (SSSR count). The van der Waals surface area contributed by atoms with Gasteiger partial charge in [0.15, 0.2) is 0 Å². The van der Waals surface area contributed by atoms with Crippen LogP contribution in [0.25, 0.3) is 0 Å². The fourth-order valence-corrected chi connectivity index (χ4v) is 2.03. The van der Waals surface area contributed by atoms with Crippen molar-refractivity contribution in [3.63, 3.8) is 0 Å². The Morgan fingerprint density at radius 1 is 1.47 bits per heavy atom. The Balaban J connectivity index is 2.67. The monoisotopic (exact) mass is 296 g/mol. The Bertz CT molecular complexity index is 414. The third kappa shape index (κ3) is 4.03. The number of rotatable bonds is 5. The quantitative estimate of drug-likeness (QED) is 0.907. The molecule has 1 aromatic rings. The van der Waals surface area contributed by atoms with Gasteiger partial charge in [-0.3, -0.25) is 0 Å². The zero-order valence-electron chi connectivity index (χ0n) is 10.3. The lowest BCUT2D eigenvalue weighted by atomic mass is 10.1. The summed E-state index contributed by atoms with van der Waals surface area (Å²) in [5.41, 5.74) is 1.17. The highest BCUT2D eigenvalue weighted by atomic mass is 79.9. The molecule has 0 aliphatic heterocycles. The Hall–Kier alpha value is -1.05. The second-order valence-electron chi connectivity index (χ2n) is 4.05. The Morgan fingerprint density at radius 2 is 2.18 bits per heavy atom. The van der Waals surface area contributed by atoms with Crippen LogP contribution in [0.3, 0.4) is 0 Å². The first kappa shape index (κ1) is 14.0. The molecule has 92 valence electrons. The summed E-state index contributed by atoms with van der Waals surface area (Å²) < 4.78 is 6.13. The van der Waals surface area contributed by atoms with E-state index in [1.54, 1.807) is 7.11 Å². The second-order valence-corrected chi connectivity index (χ2v) is 4.91. The molecule has 0 radical (unpaired) electrons. The smallest absolute Gasteiger partial charge is 0.133 e. The number of methoxy groups -OCH3 is 1. The van der Waals surface area contributed by atoms with E-state index in [0.717, 1.165) is 10.2 Å². The highest BCUT2D eigenvalue weighted by molar-refractivity contribution is 9.10. The fourth-order valence-electron chi connectivity index (χ4n) is 1.47. The highest BCUT2D eigenvalue weighted by Crippen LogP contribution is 2.27. The standard InChI is InChI=1S/C13H17BrN2O/c1-9(7-15)8-16-10(2)11-4-5-13(17-3)12(14)6-11/h4-6,9-10,16H,8H2,1-3H3. The predicted molar refractivity (Wildman–Crippen MR) is 71.9 cm³/mol. The molecule has 0 aromatic heterocycles. The average Bonchev–Trinajstić information content (AvgIpc) is 2.35. The maximum atomic E-state index is 8.72. The molecular weight excluding hydrogens is 280 g/mol. The summed E-state index contributed by atoms with van der Waals surface area (Å²) in [6.45, 7) is 4.68. The van der Waals surface area contributed by atoms with Crippen molar-refractivity contribution in [3.05, 3.63) is 28.2 Å². The first-order valence-electron chi connectivity index (χ1n) is 5.55. The second kappa shape index (κ2) is 6.63. The van der Waals surface area contributed by atoms with Crippen molar-refractivity contribution in [1.82, 2.24) is 5.32 Å². The van der Waals surface area contributed by atoms with Crippen molar-refractivity contribution in [2.45, 2.75) is 19.9 Å².